The van der Waals surface area contributed by atoms with Crippen molar-refractivity contribution in [1.82, 2.24) is 0 Å². The zero-order valence-electron chi connectivity index (χ0n) is 10.6. The van der Waals surface area contributed by atoms with E-state index in [-0.39, 0.29) is 0 Å². The van der Waals surface area contributed by atoms with E-state index in [4.69, 9.17) is 9.73 Å². The van der Waals surface area contributed by atoms with Gasteiger partial charge in [-0.15, -0.1) is 0 Å². The Balaban J connectivity index is 1.74. The Morgan fingerprint density at radius 1 is 1.39 bits per heavy atom. The van der Waals surface area contributed by atoms with Crippen molar-refractivity contribution in [3.8, 4) is 0 Å². The predicted molar refractivity (Wildman–Crippen MR) is 77.1 cm³/mol. The van der Waals surface area contributed by atoms with Crippen molar-refractivity contribution in [3.05, 3.63) is 29.3 Å². The average molecular weight is 262 g/mol. The Morgan fingerprint density at radius 3 is 3.17 bits per heavy atom. The van der Waals surface area contributed by atoms with Crippen LogP contribution >= 0.6 is 11.8 Å². The van der Waals surface area contributed by atoms with E-state index in [0.717, 1.165) is 30.5 Å². The fourth-order valence-electron chi connectivity index (χ4n) is 2.30. The van der Waals surface area contributed by atoms with E-state index in [1.807, 2.05) is 11.8 Å². The molecule has 1 atom stereocenters. The van der Waals surface area contributed by atoms with E-state index >= 15 is 0 Å². The first-order chi connectivity index (χ1) is 8.85. The first-order valence-corrected chi connectivity index (χ1v) is 7.51. The summed E-state index contributed by atoms with van der Waals surface area (Å²) in [6, 6.07) is 6.94. The van der Waals surface area contributed by atoms with Crippen LogP contribution in [0.4, 0.5) is 5.69 Å². The lowest BCUT2D eigenvalue weighted by Gasteiger charge is -2.19. The van der Waals surface area contributed by atoms with Gasteiger partial charge in [0.2, 0.25) is 0 Å². The van der Waals surface area contributed by atoms with Gasteiger partial charge in [0.15, 0.2) is 5.17 Å². The van der Waals surface area contributed by atoms with Gasteiger partial charge in [0.25, 0.3) is 0 Å². The summed E-state index contributed by atoms with van der Waals surface area (Å²) in [5.41, 5.74) is 3.74. The Bertz CT molecular complexity index is 473. The third kappa shape index (κ3) is 2.54. The fourth-order valence-corrected chi connectivity index (χ4v) is 3.29. The molecule has 2 aliphatic rings. The molecule has 3 rings (SSSR count). The number of nitrogens with zero attached hydrogens (tertiary/aromatic N) is 1. The van der Waals surface area contributed by atoms with Crippen molar-refractivity contribution < 1.29 is 4.74 Å². The highest BCUT2D eigenvalue weighted by Crippen LogP contribution is 2.25. The van der Waals surface area contributed by atoms with Crippen LogP contribution in [-0.4, -0.2) is 17.0 Å². The van der Waals surface area contributed by atoms with Crippen LogP contribution in [0.15, 0.2) is 23.2 Å². The van der Waals surface area contributed by atoms with Crippen LogP contribution in [-0.2, 0) is 18.0 Å². The molecule has 0 aliphatic carbocycles. The Kier molecular flexibility index (Phi) is 3.57. The average Bonchev–Trinajstić information content (AvgIpc) is 2.86. The molecule has 0 radical (unpaired) electrons. The molecule has 0 saturated heterocycles. The molecule has 1 N–H and O–H groups in total. The number of aliphatic imine (C=N–C) groups is 1. The summed E-state index contributed by atoms with van der Waals surface area (Å²) in [6.07, 6.45) is 2.33. The Labute approximate surface area is 112 Å². The van der Waals surface area contributed by atoms with E-state index in [2.05, 4.69) is 30.4 Å². The maximum Gasteiger partial charge on any atom is 0.161 e. The molecule has 0 fully saturated rings. The summed E-state index contributed by atoms with van der Waals surface area (Å²) >= 11 is 1.82. The summed E-state index contributed by atoms with van der Waals surface area (Å²) in [4.78, 5) is 4.73. The van der Waals surface area contributed by atoms with Crippen molar-refractivity contribution in [1.29, 1.82) is 0 Å². The molecule has 0 spiro atoms. The maximum atomic E-state index is 5.43. The Hall–Kier alpha value is -1.00. The van der Waals surface area contributed by atoms with Gasteiger partial charge in [-0.2, -0.15) is 0 Å². The van der Waals surface area contributed by atoms with E-state index in [9.17, 15) is 0 Å². The molecule has 0 saturated carbocycles. The zero-order chi connectivity index (χ0) is 12.4. The molecule has 96 valence electrons. The highest BCUT2D eigenvalue weighted by molar-refractivity contribution is 8.14. The van der Waals surface area contributed by atoms with Gasteiger partial charge < -0.3 is 10.1 Å². The second kappa shape index (κ2) is 5.33. The Morgan fingerprint density at radius 2 is 2.28 bits per heavy atom. The van der Waals surface area contributed by atoms with Crippen LogP contribution in [0.25, 0.3) is 0 Å². The molecule has 1 unspecified atom stereocenters. The largest absolute Gasteiger partial charge is 0.372 e. The van der Waals surface area contributed by atoms with Crippen LogP contribution in [0.2, 0.25) is 0 Å². The van der Waals surface area contributed by atoms with Gasteiger partial charge in [-0.1, -0.05) is 24.8 Å². The summed E-state index contributed by atoms with van der Waals surface area (Å²) < 4.78 is 5.43. The third-order valence-electron chi connectivity index (χ3n) is 3.43. The molecular formula is C14H18N2OS. The highest BCUT2D eigenvalue weighted by Gasteiger charge is 2.15. The second-order valence-corrected chi connectivity index (χ2v) is 5.82. The highest BCUT2D eigenvalue weighted by atomic mass is 32.2. The van der Waals surface area contributed by atoms with E-state index < -0.39 is 0 Å². The van der Waals surface area contributed by atoms with Crippen molar-refractivity contribution in [2.24, 2.45) is 4.99 Å². The van der Waals surface area contributed by atoms with Gasteiger partial charge in [-0.25, -0.2) is 0 Å². The predicted octanol–water partition coefficient (Wildman–Crippen LogP) is 3.40. The van der Waals surface area contributed by atoms with Crippen LogP contribution in [0, 0.1) is 0 Å². The number of hydrogen-bond donors (Lipinski definition) is 1. The van der Waals surface area contributed by atoms with Crippen molar-refractivity contribution in [2.45, 2.75) is 39.0 Å². The van der Waals surface area contributed by atoms with Gasteiger partial charge in [-0.3, -0.25) is 4.99 Å². The summed E-state index contributed by atoms with van der Waals surface area (Å²) in [7, 11) is 0. The standard InChI is InChI=1S/C14H18N2OS/c1-2-12-5-6-18-14(15-12)16-13-4-3-10-8-17-9-11(10)7-13/h3-4,7,12H,2,5-6,8-9H2,1H3,(H,15,16). The third-order valence-corrected chi connectivity index (χ3v) is 4.35. The molecule has 2 heterocycles. The first-order valence-electron chi connectivity index (χ1n) is 6.52. The van der Waals surface area contributed by atoms with Crippen LogP contribution < -0.4 is 5.32 Å². The van der Waals surface area contributed by atoms with E-state index in [1.54, 1.807) is 0 Å². The number of benzene rings is 1. The molecule has 3 nitrogen and oxygen atoms in total. The molecule has 1 aromatic rings. The molecule has 0 bridgehead atoms. The lowest BCUT2D eigenvalue weighted by Crippen LogP contribution is -2.19. The van der Waals surface area contributed by atoms with Crippen LogP contribution in [0.3, 0.4) is 0 Å². The second-order valence-electron chi connectivity index (χ2n) is 4.73. The molecule has 4 heteroatoms. The lowest BCUT2D eigenvalue weighted by atomic mass is 10.1. The fraction of sp³-hybridized carbons (Fsp3) is 0.500. The van der Waals surface area contributed by atoms with Gasteiger partial charge in [-0.05, 0) is 36.1 Å². The quantitative estimate of drug-likeness (QED) is 0.887. The zero-order valence-corrected chi connectivity index (χ0v) is 11.4. The molecule has 0 aromatic heterocycles. The van der Waals surface area contributed by atoms with Crippen LogP contribution in [0.5, 0.6) is 0 Å². The summed E-state index contributed by atoms with van der Waals surface area (Å²) in [5.74, 6) is 1.17. The number of ether oxygens (including phenoxy) is 1. The van der Waals surface area contributed by atoms with Gasteiger partial charge in [0, 0.05) is 11.4 Å². The smallest absolute Gasteiger partial charge is 0.161 e. The number of hydrogen-bond acceptors (Lipinski definition) is 4. The number of fused-ring (bicyclic) bond motifs is 1. The maximum absolute atomic E-state index is 5.43. The summed E-state index contributed by atoms with van der Waals surface area (Å²) in [6.45, 7) is 3.69. The van der Waals surface area contributed by atoms with E-state index in [1.165, 1.54) is 23.3 Å². The number of amidine groups is 1. The summed E-state index contributed by atoms with van der Waals surface area (Å²) in [5, 5.41) is 4.49. The molecule has 2 aliphatic heterocycles. The van der Waals surface area contributed by atoms with Crippen molar-refractivity contribution >= 4 is 22.6 Å². The minimum absolute atomic E-state index is 0.492. The molecular weight excluding hydrogens is 244 g/mol. The topological polar surface area (TPSA) is 33.6 Å². The lowest BCUT2D eigenvalue weighted by molar-refractivity contribution is 0.134. The minimum Gasteiger partial charge on any atom is -0.372 e. The van der Waals surface area contributed by atoms with E-state index in [0.29, 0.717) is 6.04 Å². The normalized spacial score (nSPS) is 22.5. The number of rotatable bonds is 2. The minimum atomic E-state index is 0.492. The molecule has 18 heavy (non-hydrogen) atoms. The number of anilines is 1. The van der Waals surface area contributed by atoms with Crippen LogP contribution in [0.1, 0.15) is 30.9 Å². The first kappa shape index (κ1) is 12.1. The van der Waals surface area contributed by atoms with Crippen molar-refractivity contribution in [3.63, 3.8) is 0 Å². The van der Waals surface area contributed by atoms with Gasteiger partial charge in [0.05, 0.1) is 19.3 Å². The van der Waals surface area contributed by atoms with Gasteiger partial charge in [0.1, 0.15) is 0 Å². The monoisotopic (exact) mass is 262 g/mol. The van der Waals surface area contributed by atoms with Gasteiger partial charge >= 0.3 is 0 Å². The number of thioether (sulfide) groups is 1. The van der Waals surface area contributed by atoms with Crippen molar-refractivity contribution in [2.75, 3.05) is 11.1 Å². The SMILES string of the molecule is CCC1CCSC(Nc2ccc3c(c2)COC3)=N1. The molecule has 0 amide bonds. The number of nitrogens with one attached hydrogen (secondary N) is 1. The molecule has 1 aromatic carbocycles.